The fourth-order valence-corrected chi connectivity index (χ4v) is 4.47. The summed E-state index contributed by atoms with van der Waals surface area (Å²) in [6.45, 7) is 10.8. The Hall–Kier alpha value is -2.47. The molecule has 0 aliphatic carbocycles. The largest absolute Gasteiger partial charge is 0.374 e. The Kier molecular flexibility index (Phi) is 7.09. The minimum absolute atomic E-state index is 0.0809. The average molecular weight is 435 g/mol. The van der Waals surface area contributed by atoms with Crippen molar-refractivity contribution in [2.24, 2.45) is 0 Å². The van der Waals surface area contributed by atoms with Crippen LogP contribution in [-0.2, 0) is 33.8 Å². The van der Waals surface area contributed by atoms with Crippen molar-refractivity contribution in [1.29, 1.82) is 0 Å². The third-order valence-corrected chi connectivity index (χ3v) is 6.20. The van der Waals surface area contributed by atoms with Gasteiger partial charge < -0.3 is 18.8 Å². The number of ether oxygens (including phenoxy) is 3. The Morgan fingerprint density at radius 3 is 2.50 bits per heavy atom. The van der Waals surface area contributed by atoms with Crippen LogP contribution in [0.5, 0.6) is 0 Å². The van der Waals surface area contributed by atoms with E-state index in [2.05, 4.69) is 69.1 Å². The molecule has 0 saturated carbocycles. The molecule has 5 heteroatoms. The van der Waals surface area contributed by atoms with Gasteiger partial charge in [0.1, 0.15) is 6.10 Å². The zero-order valence-corrected chi connectivity index (χ0v) is 19.6. The minimum Gasteiger partial charge on any atom is -0.374 e. The van der Waals surface area contributed by atoms with Gasteiger partial charge in [0.2, 0.25) is 0 Å². The number of rotatable bonds is 9. The fraction of sp³-hybridized carbons (Fsp3) is 0.444. The molecule has 1 saturated heterocycles. The van der Waals surface area contributed by atoms with E-state index in [-0.39, 0.29) is 6.10 Å². The smallest absolute Gasteiger partial charge is 0.187 e. The van der Waals surface area contributed by atoms with Crippen LogP contribution in [0.4, 0.5) is 0 Å². The van der Waals surface area contributed by atoms with Gasteiger partial charge in [-0.25, -0.2) is 4.98 Å². The SMILES string of the molecule is Cc1ccc(CCC2(Cn3ccnc3)OCC(COCc3c(C)cc(C)cc3C)O2)cc1. The molecule has 32 heavy (non-hydrogen) atoms. The highest BCUT2D eigenvalue weighted by molar-refractivity contribution is 5.36. The number of nitrogens with zero attached hydrogens (tertiary/aromatic N) is 2. The second-order valence-corrected chi connectivity index (χ2v) is 9.07. The van der Waals surface area contributed by atoms with Gasteiger partial charge in [-0.3, -0.25) is 0 Å². The predicted octanol–water partition coefficient (Wildman–Crippen LogP) is 5.08. The van der Waals surface area contributed by atoms with Gasteiger partial charge in [0.15, 0.2) is 5.79 Å². The van der Waals surface area contributed by atoms with Crippen LogP contribution in [-0.4, -0.2) is 34.7 Å². The molecule has 170 valence electrons. The molecule has 1 fully saturated rings. The van der Waals surface area contributed by atoms with Crippen LogP contribution in [0.25, 0.3) is 0 Å². The number of hydrogen-bond acceptors (Lipinski definition) is 4. The summed E-state index contributed by atoms with van der Waals surface area (Å²) in [6, 6.07) is 13.1. The predicted molar refractivity (Wildman–Crippen MR) is 126 cm³/mol. The van der Waals surface area contributed by atoms with Crippen LogP contribution < -0.4 is 0 Å². The van der Waals surface area contributed by atoms with Crippen molar-refractivity contribution < 1.29 is 14.2 Å². The van der Waals surface area contributed by atoms with Crippen molar-refractivity contribution in [3.05, 3.63) is 88.5 Å². The van der Waals surface area contributed by atoms with Crippen LogP contribution in [0, 0.1) is 27.7 Å². The van der Waals surface area contributed by atoms with Crippen molar-refractivity contribution in [2.45, 2.75) is 65.6 Å². The molecule has 5 nitrogen and oxygen atoms in total. The third-order valence-electron chi connectivity index (χ3n) is 6.20. The van der Waals surface area contributed by atoms with Crippen LogP contribution in [0.1, 0.15) is 39.8 Å². The maximum absolute atomic E-state index is 6.49. The van der Waals surface area contributed by atoms with Crippen molar-refractivity contribution >= 4 is 0 Å². The van der Waals surface area contributed by atoms with Gasteiger partial charge in [0, 0.05) is 18.8 Å². The molecule has 2 atom stereocenters. The van der Waals surface area contributed by atoms with Crippen molar-refractivity contribution in [3.63, 3.8) is 0 Å². The first-order valence-corrected chi connectivity index (χ1v) is 11.4. The van der Waals surface area contributed by atoms with E-state index in [0.29, 0.717) is 26.4 Å². The molecule has 0 spiro atoms. The summed E-state index contributed by atoms with van der Waals surface area (Å²) in [5.41, 5.74) is 7.66. The lowest BCUT2D eigenvalue weighted by atomic mass is 10.0. The number of aryl methyl sites for hydroxylation is 5. The lowest BCUT2D eigenvalue weighted by Gasteiger charge is -2.28. The van der Waals surface area contributed by atoms with E-state index < -0.39 is 5.79 Å². The third kappa shape index (κ3) is 5.66. The maximum atomic E-state index is 6.49. The standard InChI is InChI=1S/C27H34N2O3/c1-20-5-7-24(8-6-20)9-10-27(18-29-12-11-28-19-29)31-16-25(32-27)15-30-17-26-22(3)13-21(2)14-23(26)4/h5-8,11-14,19,25H,9-10,15-18H2,1-4H3. The Balaban J connectivity index is 1.37. The molecule has 1 aliphatic rings. The van der Waals surface area contributed by atoms with Crippen LogP contribution in [0.2, 0.25) is 0 Å². The molecule has 0 amide bonds. The zero-order valence-electron chi connectivity index (χ0n) is 19.6. The van der Waals surface area contributed by atoms with Gasteiger partial charge in [-0.15, -0.1) is 0 Å². The number of hydrogen-bond donors (Lipinski definition) is 0. The molecule has 0 bridgehead atoms. The average Bonchev–Trinajstić information content (AvgIpc) is 3.40. The van der Waals surface area contributed by atoms with E-state index in [9.17, 15) is 0 Å². The quantitative estimate of drug-likeness (QED) is 0.471. The molecular formula is C27H34N2O3. The lowest BCUT2D eigenvalue weighted by molar-refractivity contribution is -0.187. The second kappa shape index (κ2) is 9.99. The molecule has 2 aromatic carbocycles. The number of imidazole rings is 1. The summed E-state index contributed by atoms with van der Waals surface area (Å²) in [5.74, 6) is -0.671. The summed E-state index contributed by atoms with van der Waals surface area (Å²) in [4.78, 5) is 4.18. The van der Waals surface area contributed by atoms with Gasteiger partial charge in [0.25, 0.3) is 0 Å². The van der Waals surface area contributed by atoms with Crippen molar-refractivity contribution in [1.82, 2.24) is 9.55 Å². The highest BCUT2D eigenvalue weighted by Gasteiger charge is 2.41. The molecule has 2 unspecified atom stereocenters. The minimum atomic E-state index is -0.671. The molecule has 0 radical (unpaired) electrons. The summed E-state index contributed by atoms with van der Waals surface area (Å²) < 4.78 is 20.9. The summed E-state index contributed by atoms with van der Waals surface area (Å²) in [7, 11) is 0. The number of benzene rings is 2. The van der Waals surface area contributed by atoms with E-state index in [0.717, 1.165) is 12.8 Å². The van der Waals surface area contributed by atoms with Crippen LogP contribution in [0.3, 0.4) is 0 Å². The Labute approximate surface area is 191 Å². The Bertz CT molecular complexity index is 991. The van der Waals surface area contributed by atoms with Crippen molar-refractivity contribution in [3.8, 4) is 0 Å². The van der Waals surface area contributed by atoms with E-state index in [1.54, 1.807) is 6.20 Å². The molecule has 2 heterocycles. The molecule has 1 aliphatic heterocycles. The molecule has 3 aromatic rings. The Morgan fingerprint density at radius 2 is 1.81 bits per heavy atom. The highest BCUT2D eigenvalue weighted by Crippen LogP contribution is 2.31. The van der Waals surface area contributed by atoms with E-state index >= 15 is 0 Å². The van der Waals surface area contributed by atoms with Gasteiger partial charge in [0.05, 0.1) is 32.7 Å². The van der Waals surface area contributed by atoms with E-state index in [4.69, 9.17) is 14.2 Å². The first kappa shape index (κ1) is 22.7. The van der Waals surface area contributed by atoms with Crippen LogP contribution in [0.15, 0.2) is 55.1 Å². The second-order valence-electron chi connectivity index (χ2n) is 9.07. The number of aromatic nitrogens is 2. The van der Waals surface area contributed by atoms with Crippen molar-refractivity contribution in [2.75, 3.05) is 13.2 Å². The summed E-state index contributed by atoms with van der Waals surface area (Å²) >= 11 is 0. The monoisotopic (exact) mass is 434 g/mol. The van der Waals surface area contributed by atoms with Gasteiger partial charge in [-0.1, -0.05) is 47.5 Å². The molecule has 4 rings (SSSR count). The topological polar surface area (TPSA) is 45.5 Å². The van der Waals surface area contributed by atoms with Gasteiger partial charge in [-0.2, -0.15) is 0 Å². The highest BCUT2D eigenvalue weighted by atomic mass is 16.8. The maximum Gasteiger partial charge on any atom is 0.187 e. The fourth-order valence-electron chi connectivity index (χ4n) is 4.47. The van der Waals surface area contributed by atoms with Gasteiger partial charge in [-0.05, 0) is 56.4 Å². The van der Waals surface area contributed by atoms with Crippen LogP contribution >= 0.6 is 0 Å². The first-order chi connectivity index (χ1) is 15.4. The Morgan fingerprint density at radius 1 is 1.06 bits per heavy atom. The summed E-state index contributed by atoms with van der Waals surface area (Å²) in [5, 5.41) is 0. The normalized spacial score (nSPS) is 20.7. The molecule has 1 aromatic heterocycles. The van der Waals surface area contributed by atoms with E-state index in [1.807, 2.05) is 17.1 Å². The molecular weight excluding hydrogens is 400 g/mol. The summed E-state index contributed by atoms with van der Waals surface area (Å²) in [6.07, 6.45) is 7.14. The van der Waals surface area contributed by atoms with Gasteiger partial charge >= 0.3 is 0 Å². The lowest BCUT2D eigenvalue weighted by Crippen LogP contribution is -2.37. The first-order valence-electron chi connectivity index (χ1n) is 11.4. The zero-order chi connectivity index (χ0) is 22.6. The van der Waals surface area contributed by atoms with E-state index in [1.165, 1.54) is 33.4 Å². The molecule has 0 N–H and O–H groups in total.